The van der Waals surface area contributed by atoms with Gasteiger partial charge in [0.05, 0.1) is 40.2 Å². The zero-order valence-electron chi connectivity index (χ0n) is 8.59. The minimum absolute atomic E-state index is 0.586. The fraction of sp³-hybridized carbons (Fsp3) is 0.889. The number of hydrogen-bond donors (Lipinski definition) is 1. The lowest BCUT2D eigenvalue weighted by molar-refractivity contribution is -0.873. The van der Waals surface area contributed by atoms with E-state index >= 15 is 0 Å². The Morgan fingerprint density at radius 3 is 2.33 bits per heavy atom. The molecule has 1 N–H and O–H groups in total. The maximum atomic E-state index is 6.68. The van der Waals surface area contributed by atoms with E-state index in [0.29, 0.717) is 5.92 Å². The van der Waals surface area contributed by atoms with Crippen molar-refractivity contribution in [1.29, 1.82) is 5.41 Å². The van der Waals surface area contributed by atoms with Crippen molar-refractivity contribution in [3.8, 4) is 0 Å². The summed E-state index contributed by atoms with van der Waals surface area (Å²) < 4.78 is 0.964. The van der Waals surface area contributed by atoms with Crippen LogP contribution in [0.5, 0.6) is 0 Å². The molecule has 0 aromatic carbocycles. The summed E-state index contributed by atoms with van der Waals surface area (Å²) in [4.78, 5) is 3.83. The minimum atomic E-state index is 0.586. The third-order valence-corrected chi connectivity index (χ3v) is 1.81. The Balaban J connectivity index is 3.91. The summed E-state index contributed by atoms with van der Waals surface area (Å²) in [5.41, 5.74) is 0. The molecule has 0 rings (SSSR count). The molecule has 0 aromatic heterocycles. The van der Waals surface area contributed by atoms with Crippen molar-refractivity contribution in [2.24, 2.45) is 10.9 Å². The molecule has 1 atom stereocenters. The van der Waals surface area contributed by atoms with Crippen LogP contribution in [0.15, 0.2) is 4.99 Å². The van der Waals surface area contributed by atoms with Crippen molar-refractivity contribution in [1.82, 2.24) is 0 Å². The first-order chi connectivity index (χ1) is 5.49. The van der Waals surface area contributed by atoms with Crippen molar-refractivity contribution in [3.05, 3.63) is 0 Å². The Morgan fingerprint density at radius 1 is 1.42 bits per heavy atom. The molecule has 0 amide bonds. The molecule has 0 saturated carbocycles. The Labute approximate surface area is 75.2 Å². The molecule has 0 radical (unpaired) electrons. The highest BCUT2D eigenvalue weighted by Crippen LogP contribution is 2.07. The third-order valence-electron chi connectivity index (χ3n) is 1.81. The van der Waals surface area contributed by atoms with Crippen LogP contribution >= 0.6 is 0 Å². The van der Waals surface area contributed by atoms with Gasteiger partial charge in [-0.25, -0.2) is 10.4 Å². The summed E-state index contributed by atoms with van der Waals surface area (Å²) in [6, 6.07) is 2.09. The van der Waals surface area contributed by atoms with Gasteiger partial charge >= 0.3 is 0 Å². The van der Waals surface area contributed by atoms with Gasteiger partial charge < -0.3 is 4.48 Å². The number of nitrogens with zero attached hydrogens (tertiary/aromatic N) is 2. The van der Waals surface area contributed by atoms with Gasteiger partial charge in [-0.15, -0.1) is 0 Å². The first kappa shape index (κ1) is 11.3. The second-order valence-corrected chi connectivity index (χ2v) is 4.20. The standard InChI is InChI=1S/C9H20N3/c1-5-9(6-11-8-10)7-12(2,3)4/h9-10H,5-7H2,1-4H3/q+1. The number of nitrogens with one attached hydrogen (secondary N) is 1. The second-order valence-electron chi connectivity index (χ2n) is 4.20. The van der Waals surface area contributed by atoms with Crippen LogP contribution in [0.1, 0.15) is 13.3 Å². The van der Waals surface area contributed by atoms with Crippen LogP contribution in [0.2, 0.25) is 0 Å². The smallest absolute Gasteiger partial charge is 0.0862 e. The molecule has 0 fully saturated rings. The summed E-state index contributed by atoms with van der Waals surface area (Å²) in [5, 5.41) is 6.68. The van der Waals surface area contributed by atoms with Crippen molar-refractivity contribution in [2.75, 3.05) is 34.2 Å². The van der Waals surface area contributed by atoms with Gasteiger partial charge in [0, 0.05) is 5.92 Å². The SMILES string of the molecule is CCC(CN=C=N)C[N+](C)(C)C. The summed E-state index contributed by atoms with van der Waals surface area (Å²) in [6.45, 7) is 4.02. The molecule has 12 heavy (non-hydrogen) atoms. The van der Waals surface area contributed by atoms with Gasteiger partial charge in [-0.1, -0.05) is 6.92 Å². The van der Waals surface area contributed by atoms with Crippen molar-refractivity contribution in [3.63, 3.8) is 0 Å². The summed E-state index contributed by atoms with van der Waals surface area (Å²) in [5.74, 6) is 0.586. The molecule has 0 aliphatic carbocycles. The largest absolute Gasteiger partial charge is 0.331 e. The Bertz CT molecular complexity index is 163. The molecular weight excluding hydrogens is 150 g/mol. The molecule has 0 bridgehead atoms. The van der Waals surface area contributed by atoms with Gasteiger partial charge in [0.25, 0.3) is 0 Å². The molecular formula is C9H20N3+. The van der Waals surface area contributed by atoms with Gasteiger partial charge in [0.15, 0.2) is 0 Å². The lowest BCUT2D eigenvalue weighted by Gasteiger charge is -2.27. The zero-order valence-corrected chi connectivity index (χ0v) is 8.59. The van der Waals surface area contributed by atoms with Gasteiger partial charge in [0.1, 0.15) is 0 Å². The Kier molecular flexibility index (Phi) is 4.79. The summed E-state index contributed by atoms with van der Waals surface area (Å²) in [6.07, 6.45) is 1.13. The van der Waals surface area contributed by atoms with Gasteiger partial charge in [0.2, 0.25) is 0 Å². The summed E-state index contributed by atoms with van der Waals surface area (Å²) >= 11 is 0. The van der Waals surface area contributed by atoms with E-state index in [9.17, 15) is 0 Å². The van der Waals surface area contributed by atoms with E-state index in [1.165, 1.54) is 0 Å². The highest BCUT2D eigenvalue weighted by atomic mass is 15.3. The highest BCUT2D eigenvalue weighted by molar-refractivity contribution is 5.35. The van der Waals surface area contributed by atoms with Gasteiger partial charge in [-0.2, -0.15) is 0 Å². The lowest BCUT2D eigenvalue weighted by Crippen LogP contribution is -2.39. The molecule has 0 saturated heterocycles. The van der Waals surface area contributed by atoms with Crippen LogP contribution in [-0.2, 0) is 0 Å². The molecule has 3 nitrogen and oxygen atoms in total. The predicted octanol–water partition coefficient (Wildman–Crippen LogP) is 1.47. The molecule has 3 heteroatoms. The van der Waals surface area contributed by atoms with Crippen LogP contribution < -0.4 is 0 Å². The van der Waals surface area contributed by atoms with Crippen LogP contribution in [0.3, 0.4) is 0 Å². The van der Waals surface area contributed by atoms with E-state index in [-0.39, 0.29) is 0 Å². The van der Waals surface area contributed by atoms with Crippen molar-refractivity contribution >= 4 is 6.01 Å². The number of rotatable bonds is 5. The predicted molar refractivity (Wildman–Crippen MR) is 51.7 cm³/mol. The van der Waals surface area contributed by atoms with E-state index in [1.807, 2.05) is 0 Å². The number of hydrogen-bond acceptors (Lipinski definition) is 2. The monoisotopic (exact) mass is 170 g/mol. The average molecular weight is 170 g/mol. The fourth-order valence-electron chi connectivity index (χ4n) is 1.27. The normalized spacial score (nSPS) is 13.7. The van der Waals surface area contributed by atoms with Crippen LogP contribution in [0.25, 0.3) is 0 Å². The maximum Gasteiger partial charge on any atom is 0.0862 e. The zero-order chi connectivity index (χ0) is 9.61. The van der Waals surface area contributed by atoms with Crippen LogP contribution in [-0.4, -0.2) is 44.7 Å². The average Bonchev–Trinajstić information content (AvgIpc) is 1.95. The fourth-order valence-corrected chi connectivity index (χ4v) is 1.27. The highest BCUT2D eigenvalue weighted by Gasteiger charge is 2.15. The Morgan fingerprint density at radius 2 is 2.00 bits per heavy atom. The topological polar surface area (TPSA) is 36.2 Å². The van der Waals surface area contributed by atoms with Gasteiger partial charge in [-0.05, 0) is 6.42 Å². The molecule has 0 aromatic rings. The number of aliphatic imine (C=N–C) groups is 1. The quantitative estimate of drug-likeness (QED) is 0.479. The molecule has 0 spiro atoms. The molecule has 0 aliphatic rings. The van der Waals surface area contributed by atoms with Crippen LogP contribution in [0.4, 0.5) is 0 Å². The first-order valence-corrected chi connectivity index (χ1v) is 4.38. The molecule has 70 valence electrons. The number of quaternary nitrogens is 1. The second kappa shape index (κ2) is 5.07. The molecule has 0 heterocycles. The molecule has 0 aliphatic heterocycles. The maximum absolute atomic E-state index is 6.68. The first-order valence-electron chi connectivity index (χ1n) is 4.38. The van der Waals surface area contributed by atoms with Gasteiger partial charge in [-0.3, -0.25) is 0 Å². The van der Waals surface area contributed by atoms with E-state index in [2.05, 4.69) is 39.1 Å². The van der Waals surface area contributed by atoms with E-state index in [4.69, 9.17) is 5.41 Å². The Hall–Kier alpha value is -0.660. The molecule has 1 unspecified atom stereocenters. The lowest BCUT2D eigenvalue weighted by atomic mass is 10.1. The van der Waals surface area contributed by atoms with E-state index in [0.717, 1.165) is 24.0 Å². The minimum Gasteiger partial charge on any atom is -0.331 e. The van der Waals surface area contributed by atoms with Crippen LogP contribution in [0, 0.1) is 11.3 Å². The van der Waals surface area contributed by atoms with E-state index < -0.39 is 0 Å². The third kappa shape index (κ3) is 6.08. The summed E-state index contributed by atoms with van der Waals surface area (Å²) in [7, 11) is 6.53. The van der Waals surface area contributed by atoms with Crippen molar-refractivity contribution in [2.45, 2.75) is 13.3 Å². The van der Waals surface area contributed by atoms with E-state index in [1.54, 1.807) is 0 Å². The van der Waals surface area contributed by atoms with Crippen molar-refractivity contribution < 1.29 is 4.48 Å².